The van der Waals surface area contributed by atoms with E-state index in [1.807, 2.05) is 77.7 Å². The normalized spacial score (nSPS) is 20.2. The summed E-state index contributed by atoms with van der Waals surface area (Å²) in [6.07, 6.45) is 1.69. The van der Waals surface area contributed by atoms with Gasteiger partial charge >= 0.3 is 0 Å². The zero-order chi connectivity index (χ0) is 21.7. The second kappa shape index (κ2) is 9.41. The minimum atomic E-state index is -1.02. The quantitative estimate of drug-likeness (QED) is 0.251. The first kappa shape index (κ1) is 21.2. The van der Waals surface area contributed by atoms with Gasteiger partial charge in [-0.1, -0.05) is 66.7 Å². The highest BCUT2D eigenvalue weighted by Crippen LogP contribution is 2.55. The van der Waals surface area contributed by atoms with Gasteiger partial charge in [0, 0.05) is 11.4 Å². The van der Waals surface area contributed by atoms with Crippen LogP contribution < -0.4 is 9.64 Å². The van der Waals surface area contributed by atoms with Gasteiger partial charge in [0.05, 0.1) is 13.7 Å². The Morgan fingerprint density at radius 2 is 1.65 bits per heavy atom. The number of hydrogen-bond donors (Lipinski definition) is 0. The molecule has 2 unspecified atom stereocenters. The van der Waals surface area contributed by atoms with Crippen molar-refractivity contribution in [2.45, 2.75) is 16.7 Å². The van der Waals surface area contributed by atoms with Crippen LogP contribution in [-0.4, -0.2) is 24.6 Å². The molecule has 31 heavy (non-hydrogen) atoms. The van der Waals surface area contributed by atoms with Crippen LogP contribution in [0.2, 0.25) is 0 Å². The zero-order valence-corrected chi connectivity index (χ0v) is 18.3. The molecule has 0 spiro atoms. The number of amides is 1. The molecular weight excluding hydrogens is 406 g/mol. The molecule has 0 saturated carbocycles. The summed E-state index contributed by atoms with van der Waals surface area (Å²) in [5.74, 6) is 1.36. The molecule has 1 aliphatic heterocycles. The Morgan fingerprint density at radius 1 is 1.00 bits per heavy atom. The number of rotatable bonds is 9. The highest BCUT2D eigenvalue weighted by atomic mass is 32.2. The fourth-order valence-corrected chi connectivity index (χ4v) is 5.14. The number of hydrogen-bond acceptors (Lipinski definition) is 4. The molecule has 1 heterocycles. The lowest BCUT2D eigenvalue weighted by molar-refractivity contribution is -0.146. The van der Waals surface area contributed by atoms with Crippen molar-refractivity contribution in [2.24, 2.45) is 0 Å². The molecule has 1 fully saturated rings. The number of nitrogens with zero attached hydrogens (tertiary/aromatic N) is 1. The molecule has 3 aromatic carbocycles. The number of methoxy groups -OCH3 is 1. The van der Waals surface area contributed by atoms with Crippen molar-refractivity contribution in [3.05, 3.63) is 109 Å². The average Bonchev–Trinajstić information content (AvgIpc) is 2.84. The molecule has 0 radical (unpaired) electrons. The highest BCUT2D eigenvalue weighted by Gasteiger charge is 2.63. The third-order valence-electron chi connectivity index (χ3n) is 5.31. The molecule has 0 aliphatic carbocycles. The Labute approximate surface area is 187 Å². The highest BCUT2D eigenvalue weighted by molar-refractivity contribution is 8.00. The van der Waals surface area contributed by atoms with Gasteiger partial charge in [-0.15, -0.1) is 18.3 Å². The van der Waals surface area contributed by atoms with Crippen LogP contribution in [0.4, 0.5) is 5.69 Å². The first-order chi connectivity index (χ1) is 15.2. The summed E-state index contributed by atoms with van der Waals surface area (Å²) in [4.78, 5) is 14.5. The summed E-state index contributed by atoms with van der Waals surface area (Å²) in [5.41, 5.74) is 3.00. The van der Waals surface area contributed by atoms with Gasteiger partial charge in [-0.3, -0.25) is 9.69 Å². The zero-order valence-electron chi connectivity index (χ0n) is 17.4. The van der Waals surface area contributed by atoms with E-state index in [4.69, 9.17) is 9.47 Å². The Kier molecular flexibility index (Phi) is 6.44. The van der Waals surface area contributed by atoms with Crippen LogP contribution in [0, 0.1) is 0 Å². The standard InChI is InChI=1S/C26H25NO3S/c1-3-18-30-26(31-19-20-10-6-4-7-11-20)24(21-12-8-5-9-13-21)27(25(26)28)22-14-16-23(29-2)17-15-22/h3-17,24H,1,18-19H2,2H3. The van der Waals surface area contributed by atoms with Gasteiger partial charge < -0.3 is 9.47 Å². The monoisotopic (exact) mass is 431 g/mol. The number of carbonyl (C=O) groups excluding carboxylic acids is 1. The van der Waals surface area contributed by atoms with Crippen LogP contribution in [0.25, 0.3) is 0 Å². The lowest BCUT2D eigenvalue weighted by Gasteiger charge is -2.54. The summed E-state index contributed by atoms with van der Waals surface area (Å²) < 4.78 is 11.5. The predicted octanol–water partition coefficient (Wildman–Crippen LogP) is 5.62. The van der Waals surface area contributed by atoms with Gasteiger partial charge in [0.1, 0.15) is 11.8 Å². The van der Waals surface area contributed by atoms with Crippen molar-refractivity contribution in [3.63, 3.8) is 0 Å². The van der Waals surface area contributed by atoms with E-state index >= 15 is 0 Å². The molecule has 5 heteroatoms. The molecule has 0 bridgehead atoms. The van der Waals surface area contributed by atoms with Gasteiger partial charge in [0.25, 0.3) is 5.91 Å². The van der Waals surface area contributed by atoms with E-state index in [0.29, 0.717) is 12.4 Å². The van der Waals surface area contributed by atoms with Gasteiger partial charge in [-0.2, -0.15) is 0 Å². The maximum Gasteiger partial charge on any atom is 0.273 e. The lowest BCUT2D eigenvalue weighted by Crippen LogP contribution is -2.68. The number of ether oxygens (including phenoxy) is 2. The molecule has 1 amide bonds. The third kappa shape index (κ3) is 4.11. The number of β-lactam (4-membered cyclic amide) rings is 1. The Balaban J connectivity index is 1.72. The van der Waals surface area contributed by atoms with E-state index in [1.165, 1.54) is 11.8 Å². The molecule has 158 valence electrons. The summed E-state index contributed by atoms with van der Waals surface area (Å²) in [5, 5.41) is 0. The van der Waals surface area contributed by atoms with Crippen LogP contribution >= 0.6 is 11.8 Å². The molecule has 4 nitrogen and oxygen atoms in total. The molecule has 4 rings (SSSR count). The van der Waals surface area contributed by atoms with Crippen LogP contribution in [0.1, 0.15) is 17.2 Å². The van der Waals surface area contributed by atoms with Gasteiger partial charge in [-0.05, 0) is 35.4 Å². The van der Waals surface area contributed by atoms with E-state index < -0.39 is 4.93 Å². The Hall–Kier alpha value is -3.02. The molecule has 0 N–H and O–H groups in total. The number of thioether (sulfide) groups is 1. The van der Waals surface area contributed by atoms with Crippen LogP contribution in [0.15, 0.2) is 97.6 Å². The van der Waals surface area contributed by atoms with Crippen molar-refractivity contribution in [2.75, 3.05) is 18.6 Å². The molecule has 1 aliphatic rings. The van der Waals surface area contributed by atoms with E-state index in [1.54, 1.807) is 13.2 Å². The minimum Gasteiger partial charge on any atom is -0.497 e. The van der Waals surface area contributed by atoms with Crippen molar-refractivity contribution >= 4 is 23.4 Å². The Morgan fingerprint density at radius 3 is 2.26 bits per heavy atom. The second-order valence-electron chi connectivity index (χ2n) is 7.23. The topological polar surface area (TPSA) is 38.8 Å². The van der Waals surface area contributed by atoms with E-state index in [-0.39, 0.29) is 11.9 Å². The number of anilines is 1. The van der Waals surface area contributed by atoms with E-state index in [0.717, 1.165) is 22.6 Å². The summed E-state index contributed by atoms with van der Waals surface area (Å²) in [6.45, 7) is 4.09. The molecule has 1 saturated heterocycles. The summed E-state index contributed by atoms with van der Waals surface area (Å²) in [6, 6.07) is 27.5. The molecule has 2 atom stereocenters. The van der Waals surface area contributed by atoms with E-state index in [9.17, 15) is 4.79 Å². The average molecular weight is 432 g/mol. The largest absolute Gasteiger partial charge is 0.497 e. The summed E-state index contributed by atoms with van der Waals surface area (Å²) >= 11 is 1.53. The van der Waals surface area contributed by atoms with Crippen molar-refractivity contribution in [1.29, 1.82) is 0 Å². The number of carbonyl (C=O) groups is 1. The fraction of sp³-hybridized carbons (Fsp3) is 0.192. The molecule has 0 aromatic heterocycles. The minimum absolute atomic E-state index is 0.0608. The molecular formula is C26H25NO3S. The van der Waals surface area contributed by atoms with Crippen LogP contribution in [0.3, 0.4) is 0 Å². The maximum atomic E-state index is 13.7. The van der Waals surface area contributed by atoms with Gasteiger partial charge in [0.2, 0.25) is 4.93 Å². The third-order valence-corrected chi connectivity index (χ3v) is 6.73. The maximum absolute atomic E-state index is 13.7. The SMILES string of the molecule is C=CCOC1(SCc2ccccc2)C(=O)N(c2ccc(OC)cc2)C1c1ccccc1. The first-order valence-electron chi connectivity index (χ1n) is 10.1. The van der Waals surface area contributed by atoms with Crippen molar-refractivity contribution in [1.82, 2.24) is 0 Å². The second-order valence-corrected chi connectivity index (χ2v) is 8.41. The van der Waals surface area contributed by atoms with Crippen molar-refractivity contribution in [3.8, 4) is 5.75 Å². The van der Waals surface area contributed by atoms with Gasteiger partial charge in [0.15, 0.2) is 0 Å². The van der Waals surface area contributed by atoms with E-state index in [2.05, 4.69) is 18.7 Å². The Bertz CT molecular complexity index is 1020. The number of benzene rings is 3. The van der Waals surface area contributed by atoms with Crippen molar-refractivity contribution < 1.29 is 14.3 Å². The smallest absolute Gasteiger partial charge is 0.273 e. The summed E-state index contributed by atoms with van der Waals surface area (Å²) in [7, 11) is 1.63. The predicted molar refractivity (Wildman–Crippen MR) is 126 cm³/mol. The first-order valence-corrected chi connectivity index (χ1v) is 11.1. The van der Waals surface area contributed by atoms with Gasteiger partial charge in [-0.25, -0.2) is 0 Å². The van der Waals surface area contributed by atoms with Crippen LogP contribution in [0.5, 0.6) is 5.75 Å². The molecule has 3 aromatic rings. The van der Waals surface area contributed by atoms with Crippen LogP contribution in [-0.2, 0) is 15.3 Å². The fourth-order valence-electron chi connectivity index (χ4n) is 3.79. The lowest BCUT2D eigenvalue weighted by atomic mass is 9.89.